The minimum absolute atomic E-state index is 0.0103. The lowest BCUT2D eigenvalue weighted by molar-refractivity contribution is 0.0955. The number of hydrogen-bond donors (Lipinski definition) is 3. The van der Waals surface area contributed by atoms with Gasteiger partial charge >= 0.3 is 0 Å². The van der Waals surface area contributed by atoms with Gasteiger partial charge in [0.05, 0.1) is 6.61 Å². The average molecular weight is 275 g/mol. The van der Waals surface area contributed by atoms with Crippen LogP contribution in [0.1, 0.15) is 17.4 Å². The second-order valence-electron chi connectivity index (χ2n) is 3.96. The molecular formula is C10H17N3O4S. The lowest BCUT2D eigenvalue weighted by atomic mass is 10.4. The fourth-order valence-corrected chi connectivity index (χ4v) is 2.71. The van der Waals surface area contributed by atoms with Gasteiger partial charge in [-0.15, -0.1) is 0 Å². The van der Waals surface area contributed by atoms with Crippen LogP contribution in [0.15, 0.2) is 17.2 Å². The molecule has 0 aromatic carbocycles. The number of sulfonamides is 1. The van der Waals surface area contributed by atoms with Crippen molar-refractivity contribution in [2.45, 2.75) is 17.9 Å². The van der Waals surface area contributed by atoms with Gasteiger partial charge in [0.25, 0.3) is 5.91 Å². The van der Waals surface area contributed by atoms with Crippen molar-refractivity contribution in [2.24, 2.45) is 7.05 Å². The third-order valence-electron chi connectivity index (χ3n) is 2.38. The molecule has 0 fully saturated rings. The number of nitrogens with one attached hydrogen (secondary N) is 2. The van der Waals surface area contributed by atoms with Crippen LogP contribution in [-0.4, -0.2) is 43.7 Å². The summed E-state index contributed by atoms with van der Waals surface area (Å²) in [6.45, 7) is 1.24. The molecule has 3 N–H and O–H groups in total. The number of aliphatic hydroxyl groups excluding tert-OH is 1. The zero-order valence-corrected chi connectivity index (χ0v) is 11.3. The fourth-order valence-electron chi connectivity index (χ4n) is 1.41. The van der Waals surface area contributed by atoms with E-state index in [4.69, 9.17) is 5.11 Å². The van der Waals surface area contributed by atoms with E-state index in [2.05, 4.69) is 10.0 Å². The Labute approximate surface area is 106 Å². The Bertz CT molecular complexity index is 535. The largest absolute Gasteiger partial charge is 0.395 e. The molecule has 1 aromatic rings. The molecule has 0 aliphatic rings. The van der Waals surface area contributed by atoms with E-state index in [1.165, 1.54) is 23.9 Å². The SMILES string of the molecule is CNC(=O)c1cc(S(=O)(=O)N[C@H](C)CO)cn1C. The third-order valence-corrected chi connectivity index (χ3v) is 3.94. The molecule has 0 bridgehead atoms. The molecule has 1 rings (SSSR count). The second-order valence-corrected chi connectivity index (χ2v) is 5.67. The molecule has 0 aliphatic carbocycles. The van der Waals surface area contributed by atoms with E-state index in [-0.39, 0.29) is 23.1 Å². The predicted octanol–water partition coefficient (Wildman–Crippen LogP) is -0.956. The topological polar surface area (TPSA) is 100 Å². The van der Waals surface area contributed by atoms with Crippen molar-refractivity contribution >= 4 is 15.9 Å². The Hall–Kier alpha value is -1.38. The number of rotatable bonds is 5. The number of nitrogens with zero attached hydrogens (tertiary/aromatic N) is 1. The van der Waals surface area contributed by atoms with Crippen LogP contribution >= 0.6 is 0 Å². The highest BCUT2D eigenvalue weighted by Crippen LogP contribution is 2.13. The van der Waals surface area contributed by atoms with E-state index >= 15 is 0 Å². The van der Waals surface area contributed by atoms with Crippen molar-refractivity contribution in [3.05, 3.63) is 18.0 Å². The highest BCUT2D eigenvalue weighted by atomic mass is 32.2. The van der Waals surface area contributed by atoms with Crippen molar-refractivity contribution in [1.82, 2.24) is 14.6 Å². The van der Waals surface area contributed by atoms with Gasteiger partial charge in [-0.2, -0.15) is 0 Å². The Balaban J connectivity index is 3.08. The maximum atomic E-state index is 11.9. The predicted molar refractivity (Wildman–Crippen MR) is 65.7 cm³/mol. The molecule has 0 radical (unpaired) electrons. The van der Waals surface area contributed by atoms with Gasteiger partial charge in [-0.1, -0.05) is 0 Å². The number of aryl methyl sites for hydroxylation is 1. The van der Waals surface area contributed by atoms with Crippen LogP contribution in [0.25, 0.3) is 0 Å². The van der Waals surface area contributed by atoms with Gasteiger partial charge in [-0.05, 0) is 13.0 Å². The Kier molecular flexibility index (Phi) is 4.49. The number of aromatic nitrogens is 1. The molecule has 0 unspecified atom stereocenters. The number of aliphatic hydroxyl groups is 1. The van der Waals surface area contributed by atoms with E-state index in [1.54, 1.807) is 14.0 Å². The zero-order valence-electron chi connectivity index (χ0n) is 10.5. The number of hydrogen-bond acceptors (Lipinski definition) is 4. The summed E-state index contributed by atoms with van der Waals surface area (Å²) in [6, 6.07) is 0.698. The monoisotopic (exact) mass is 275 g/mol. The van der Waals surface area contributed by atoms with Crippen LogP contribution in [0.5, 0.6) is 0 Å². The molecule has 18 heavy (non-hydrogen) atoms. The summed E-state index contributed by atoms with van der Waals surface area (Å²) in [5, 5.41) is 11.3. The van der Waals surface area contributed by atoms with Crippen LogP contribution in [0, 0.1) is 0 Å². The smallest absolute Gasteiger partial charge is 0.267 e. The summed E-state index contributed by atoms with van der Waals surface area (Å²) >= 11 is 0. The summed E-state index contributed by atoms with van der Waals surface area (Å²) in [5.41, 5.74) is 0.245. The first kappa shape index (κ1) is 14.7. The first-order chi connectivity index (χ1) is 8.31. The number of carbonyl (C=O) groups excluding carboxylic acids is 1. The lowest BCUT2D eigenvalue weighted by Gasteiger charge is -2.09. The standard InChI is InChI=1S/C10H17N3O4S/c1-7(6-14)12-18(16,17)8-4-9(10(15)11-2)13(3)5-8/h4-5,7,12,14H,6H2,1-3H3,(H,11,15)/t7-/m1/s1. The van der Waals surface area contributed by atoms with Crippen molar-refractivity contribution in [3.8, 4) is 0 Å². The summed E-state index contributed by atoms with van der Waals surface area (Å²) in [5.74, 6) is -0.367. The molecule has 102 valence electrons. The summed E-state index contributed by atoms with van der Waals surface area (Å²) < 4.78 is 27.5. The van der Waals surface area contributed by atoms with Gasteiger partial charge in [-0.25, -0.2) is 13.1 Å². The third kappa shape index (κ3) is 3.09. The van der Waals surface area contributed by atoms with Gasteiger partial charge in [-0.3, -0.25) is 4.79 Å². The Morgan fingerprint density at radius 2 is 2.17 bits per heavy atom. The minimum atomic E-state index is -3.73. The van der Waals surface area contributed by atoms with Crippen LogP contribution < -0.4 is 10.0 Å². The molecule has 7 nitrogen and oxygen atoms in total. The maximum absolute atomic E-state index is 11.9. The van der Waals surface area contributed by atoms with Crippen LogP contribution in [0.2, 0.25) is 0 Å². The quantitative estimate of drug-likeness (QED) is 0.644. The second kappa shape index (κ2) is 5.51. The number of amides is 1. The van der Waals surface area contributed by atoms with Gasteiger partial charge in [0.1, 0.15) is 10.6 Å². The lowest BCUT2D eigenvalue weighted by Crippen LogP contribution is -2.34. The van der Waals surface area contributed by atoms with E-state index in [0.717, 1.165) is 0 Å². The highest BCUT2D eigenvalue weighted by Gasteiger charge is 2.21. The van der Waals surface area contributed by atoms with Crippen LogP contribution in [0.4, 0.5) is 0 Å². The van der Waals surface area contributed by atoms with Crippen molar-refractivity contribution in [2.75, 3.05) is 13.7 Å². The molecule has 1 atom stereocenters. The molecule has 0 spiro atoms. The Morgan fingerprint density at radius 3 is 2.67 bits per heavy atom. The fraction of sp³-hybridized carbons (Fsp3) is 0.500. The number of carbonyl (C=O) groups is 1. The van der Waals surface area contributed by atoms with E-state index in [1.807, 2.05) is 0 Å². The first-order valence-electron chi connectivity index (χ1n) is 5.33. The van der Waals surface area contributed by atoms with Gasteiger partial charge in [0, 0.05) is 26.3 Å². The molecule has 1 amide bonds. The normalized spacial score (nSPS) is 13.3. The average Bonchev–Trinajstić information content (AvgIpc) is 2.70. The maximum Gasteiger partial charge on any atom is 0.267 e. The van der Waals surface area contributed by atoms with Crippen molar-refractivity contribution in [1.29, 1.82) is 0 Å². The van der Waals surface area contributed by atoms with Gasteiger partial charge in [0.15, 0.2) is 0 Å². The van der Waals surface area contributed by atoms with E-state index in [0.29, 0.717) is 0 Å². The minimum Gasteiger partial charge on any atom is -0.395 e. The zero-order chi connectivity index (χ0) is 13.9. The van der Waals surface area contributed by atoms with Crippen molar-refractivity contribution < 1.29 is 18.3 Å². The van der Waals surface area contributed by atoms with Crippen molar-refractivity contribution in [3.63, 3.8) is 0 Å². The Morgan fingerprint density at radius 1 is 1.56 bits per heavy atom. The molecular weight excluding hydrogens is 258 g/mol. The van der Waals surface area contributed by atoms with Gasteiger partial charge < -0.3 is 15.0 Å². The molecule has 0 saturated carbocycles. The van der Waals surface area contributed by atoms with E-state index < -0.39 is 16.1 Å². The summed E-state index contributed by atoms with van der Waals surface area (Å²) in [6.07, 6.45) is 1.34. The molecule has 0 aliphatic heterocycles. The van der Waals surface area contributed by atoms with E-state index in [9.17, 15) is 13.2 Å². The highest BCUT2D eigenvalue weighted by molar-refractivity contribution is 7.89. The summed E-state index contributed by atoms with van der Waals surface area (Å²) in [7, 11) is -0.676. The molecule has 0 saturated heterocycles. The first-order valence-corrected chi connectivity index (χ1v) is 6.81. The summed E-state index contributed by atoms with van der Waals surface area (Å²) in [4.78, 5) is 11.5. The molecule has 8 heteroatoms. The molecule has 1 aromatic heterocycles. The molecule has 1 heterocycles. The van der Waals surface area contributed by atoms with Crippen LogP contribution in [0.3, 0.4) is 0 Å². The van der Waals surface area contributed by atoms with Crippen LogP contribution in [-0.2, 0) is 17.1 Å². The van der Waals surface area contributed by atoms with Gasteiger partial charge in [0.2, 0.25) is 10.0 Å².